The van der Waals surface area contributed by atoms with Gasteiger partial charge in [-0.25, -0.2) is 0 Å². The number of nitrogens with zero attached hydrogens (tertiary/aromatic N) is 2. The molecule has 0 spiro atoms. The molecular weight excluding hydrogens is 262 g/mol. The number of halogens is 1. The molecule has 0 aliphatic rings. The monoisotopic (exact) mass is 285 g/mol. The fourth-order valence-electron chi connectivity index (χ4n) is 1.97. The lowest BCUT2D eigenvalue weighted by atomic mass is 10.1. The van der Waals surface area contributed by atoms with E-state index in [0.29, 0.717) is 17.3 Å². The van der Waals surface area contributed by atoms with Gasteiger partial charge in [-0.1, -0.05) is 17.7 Å². The molecule has 1 atom stereocenters. The van der Waals surface area contributed by atoms with E-state index in [1.165, 1.54) is 0 Å². The van der Waals surface area contributed by atoms with Gasteiger partial charge < -0.3 is 15.4 Å². The van der Waals surface area contributed by atoms with Crippen LogP contribution in [0.25, 0.3) is 0 Å². The number of likely N-dealkylation sites (N-methyl/N-ethyl adjacent to an activating group) is 2. The highest BCUT2D eigenvalue weighted by atomic mass is 35.5. The molecule has 0 bridgehead atoms. The molecule has 108 valence electrons. The number of benzene rings is 1. The van der Waals surface area contributed by atoms with E-state index in [1.54, 1.807) is 7.11 Å². The molecule has 1 aromatic rings. The number of rotatable bonds is 7. The van der Waals surface area contributed by atoms with Crippen molar-refractivity contribution in [1.29, 1.82) is 0 Å². The first-order valence-corrected chi connectivity index (χ1v) is 6.75. The summed E-state index contributed by atoms with van der Waals surface area (Å²) in [4.78, 5) is 4.41. The Morgan fingerprint density at radius 2 is 1.95 bits per heavy atom. The molecule has 0 amide bonds. The summed E-state index contributed by atoms with van der Waals surface area (Å²) in [7, 11) is 7.83. The zero-order valence-electron chi connectivity index (χ0n) is 12.2. The van der Waals surface area contributed by atoms with E-state index in [1.807, 2.05) is 18.2 Å². The Morgan fingerprint density at radius 1 is 1.26 bits per heavy atom. The van der Waals surface area contributed by atoms with Crippen molar-refractivity contribution >= 4 is 11.6 Å². The van der Waals surface area contributed by atoms with E-state index in [-0.39, 0.29) is 6.04 Å². The van der Waals surface area contributed by atoms with Crippen molar-refractivity contribution in [3.05, 3.63) is 28.8 Å². The number of nitrogens with two attached hydrogens (primary N) is 1. The Kier molecular flexibility index (Phi) is 6.58. The molecule has 0 saturated heterocycles. The van der Waals surface area contributed by atoms with Crippen LogP contribution in [0.15, 0.2) is 18.2 Å². The molecule has 1 rings (SSSR count). The number of hydrogen-bond donors (Lipinski definition) is 1. The molecule has 0 radical (unpaired) electrons. The minimum atomic E-state index is 0.170. The molecule has 2 N–H and O–H groups in total. The Labute approximate surface area is 121 Å². The van der Waals surface area contributed by atoms with Gasteiger partial charge in [0.2, 0.25) is 0 Å². The highest BCUT2D eigenvalue weighted by molar-refractivity contribution is 6.32. The lowest BCUT2D eigenvalue weighted by Crippen LogP contribution is -2.35. The maximum Gasteiger partial charge on any atom is 0.137 e. The third-order valence-electron chi connectivity index (χ3n) is 3.22. The van der Waals surface area contributed by atoms with Crippen molar-refractivity contribution in [3.8, 4) is 5.75 Å². The Morgan fingerprint density at radius 3 is 2.42 bits per heavy atom. The summed E-state index contributed by atoms with van der Waals surface area (Å²) in [5, 5.41) is 0.624. The van der Waals surface area contributed by atoms with E-state index in [9.17, 15) is 0 Å². The van der Waals surface area contributed by atoms with Gasteiger partial charge in [-0.05, 0) is 38.8 Å². The molecule has 0 aromatic heterocycles. The molecule has 19 heavy (non-hydrogen) atoms. The topological polar surface area (TPSA) is 41.7 Å². The summed E-state index contributed by atoms with van der Waals surface area (Å²) < 4.78 is 5.17. The SMILES string of the molecule is COc1ccc(C(CN)N(C)CCN(C)C)cc1Cl. The van der Waals surface area contributed by atoms with Gasteiger partial charge in [0.15, 0.2) is 0 Å². The normalized spacial score (nSPS) is 13.1. The van der Waals surface area contributed by atoms with Gasteiger partial charge in [0.05, 0.1) is 12.1 Å². The van der Waals surface area contributed by atoms with Crippen LogP contribution < -0.4 is 10.5 Å². The number of hydrogen-bond acceptors (Lipinski definition) is 4. The maximum atomic E-state index is 6.17. The average molecular weight is 286 g/mol. The molecule has 5 heteroatoms. The molecular formula is C14H24ClN3O. The van der Waals surface area contributed by atoms with Crippen molar-refractivity contribution in [2.75, 3.05) is 47.9 Å². The van der Waals surface area contributed by atoms with Crippen molar-refractivity contribution in [1.82, 2.24) is 9.80 Å². The van der Waals surface area contributed by atoms with Gasteiger partial charge in [0, 0.05) is 25.7 Å². The van der Waals surface area contributed by atoms with Crippen LogP contribution in [0, 0.1) is 0 Å². The van der Waals surface area contributed by atoms with Crippen LogP contribution in [0.5, 0.6) is 5.75 Å². The van der Waals surface area contributed by atoms with E-state index >= 15 is 0 Å². The van der Waals surface area contributed by atoms with E-state index in [2.05, 4.69) is 30.9 Å². The largest absolute Gasteiger partial charge is 0.495 e. The lowest BCUT2D eigenvalue weighted by Gasteiger charge is -2.28. The van der Waals surface area contributed by atoms with E-state index < -0.39 is 0 Å². The smallest absolute Gasteiger partial charge is 0.137 e. The third kappa shape index (κ3) is 4.66. The van der Waals surface area contributed by atoms with Gasteiger partial charge in [0.1, 0.15) is 5.75 Å². The van der Waals surface area contributed by atoms with Crippen molar-refractivity contribution in [3.63, 3.8) is 0 Å². The van der Waals surface area contributed by atoms with Crippen molar-refractivity contribution < 1.29 is 4.74 Å². The van der Waals surface area contributed by atoms with Crippen LogP contribution in [-0.2, 0) is 0 Å². The number of ether oxygens (including phenoxy) is 1. The van der Waals surface area contributed by atoms with Gasteiger partial charge in [0.25, 0.3) is 0 Å². The third-order valence-corrected chi connectivity index (χ3v) is 3.51. The minimum Gasteiger partial charge on any atom is -0.495 e. The second-order valence-corrected chi connectivity index (χ2v) is 5.34. The summed E-state index contributed by atoms with van der Waals surface area (Å²) in [5.74, 6) is 0.692. The molecule has 0 fully saturated rings. The summed E-state index contributed by atoms with van der Waals surface area (Å²) in [6, 6.07) is 6.02. The predicted octanol–water partition coefficient (Wildman–Crippen LogP) is 1.84. The van der Waals surface area contributed by atoms with Gasteiger partial charge >= 0.3 is 0 Å². The Bertz CT molecular complexity index is 398. The second kappa shape index (κ2) is 7.70. The highest BCUT2D eigenvalue weighted by Gasteiger charge is 2.16. The fraction of sp³-hybridized carbons (Fsp3) is 0.571. The van der Waals surface area contributed by atoms with Crippen LogP contribution in [-0.4, -0.2) is 57.7 Å². The van der Waals surface area contributed by atoms with Crippen LogP contribution in [0.1, 0.15) is 11.6 Å². The van der Waals surface area contributed by atoms with Gasteiger partial charge in [-0.2, -0.15) is 0 Å². The molecule has 0 saturated carbocycles. The van der Waals surface area contributed by atoms with Crippen molar-refractivity contribution in [2.45, 2.75) is 6.04 Å². The standard InChI is InChI=1S/C14H24ClN3O/c1-17(2)7-8-18(3)13(10-16)11-5-6-14(19-4)12(15)9-11/h5-6,9,13H,7-8,10,16H2,1-4H3. The van der Waals surface area contributed by atoms with Crippen LogP contribution in [0.2, 0.25) is 5.02 Å². The molecule has 0 aliphatic heterocycles. The summed E-state index contributed by atoms with van der Waals surface area (Å²) in [6.07, 6.45) is 0. The summed E-state index contributed by atoms with van der Waals surface area (Å²) >= 11 is 6.17. The van der Waals surface area contributed by atoms with Crippen LogP contribution in [0.3, 0.4) is 0 Å². The predicted molar refractivity (Wildman–Crippen MR) is 81.0 cm³/mol. The van der Waals surface area contributed by atoms with E-state index in [4.69, 9.17) is 22.1 Å². The Balaban J connectivity index is 2.81. The maximum absolute atomic E-state index is 6.17. The van der Waals surface area contributed by atoms with E-state index in [0.717, 1.165) is 18.7 Å². The summed E-state index contributed by atoms with van der Waals surface area (Å²) in [5.41, 5.74) is 7.02. The molecule has 4 nitrogen and oxygen atoms in total. The minimum absolute atomic E-state index is 0.170. The molecule has 1 aromatic carbocycles. The first-order chi connectivity index (χ1) is 8.99. The first kappa shape index (κ1) is 16.2. The van der Waals surface area contributed by atoms with Gasteiger partial charge in [-0.3, -0.25) is 4.90 Å². The number of methoxy groups -OCH3 is 1. The second-order valence-electron chi connectivity index (χ2n) is 4.93. The molecule has 0 aliphatic carbocycles. The first-order valence-electron chi connectivity index (χ1n) is 6.38. The lowest BCUT2D eigenvalue weighted by molar-refractivity contribution is 0.222. The average Bonchev–Trinajstić information content (AvgIpc) is 2.37. The quantitative estimate of drug-likeness (QED) is 0.830. The van der Waals surface area contributed by atoms with Crippen molar-refractivity contribution in [2.24, 2.45) is 5.73 Å². The van der Waals surface area contributed by atoms with Crippen LogP contribution >= 0.6 is 11.6 Å². The Hall–Kier alpha value is -0.810. The molecule has 0 heterocycles. The highest BCUT2D eigenvalue weighted by Crippen LogP contribution is 2.29. The van der Waals surface area contributed by atoms with Gasteiger partial charge in [-0.15, -0.1) is 0 Å². The summed E-state index contributed by atoms with van der Waals surface area (Å²) in [6.45, 7) is 2.52. The zero-order chi connectivity index (χ0) is 14.4. The molecule has 1 unspecified atom stereocenters. The van der Waals surface area contributed by atoms with Crippen LogP contribution in [0.4, 0.5) is 0 Å². The zero-order valence-corrected chi connectivity index (χ0v) is 12.9. The fourth-order valence-corrected chi connectivity index (χ4v) is 2.24.